The van der Waals surface area contributed by atoms with Crippen LogP contribution in [0.15, 0.2) is 17.0 Å². The summed E-state index contributed by atoms with van der Waals surface area (Å²) in [7, 11) is -3.82. The molecule has 0 aliphatic carbocycles. The van der Waals surface area contributed by atoms with E-state index in [2.05, 4.69) is 19.2 Å². The van der Waals surface area contributed by atoms with Crippen molar-refractivity contribution in [2.45, 2.75) is 45.4 Å². The van der Waals surface area contributed by atoms with Crippen LogP contribution in [-0.4, -0.2) is 20.9 Å². The van der Waals surface area contributed by atoms with Gasteiger partial charge in [-0.2, -0.15) is 0 Å². The summed E-state index contributed by atoms with van der Waals surface area (Å²) in [6, 6.07) is 2.84. The van der Waals surface area contributed by atoms with Crippen molar-refractivity contribution in [3.05, 3.63) is 28.8 Å². The Morgan fingerprint density at radius 1 is 1.24 bits per heavy atom. The van der Waals surface area contributed by atoms with Crippen LogP contribution in [0, 0.1) is 19.8 Å². The second kappa shape index (κ2) is 7.04. The van der Waals surface area contributed by atoms with Crippen LogP contribution in [0.4, 0.5) is 0 Å². The number of hydrogen-bond donors (Lipinski definition) is 2. The van der Waals surface area contributed by atoms with Crippen LogP contribution in [0.1, 0.15) is 48.2 Å². The maximum atomic E-state index is 12.3. The monoisotopic (exact) mass is 312 g/mol. The summed E-state index contributed by atoms with van der Waals surface area (Å²) in [5.74, 6) is 0.171. The Morgan fingerprint density at radius 2 is 1.81 bits per heavy atom. The van der Waals surface area contributed by atoms with Crippen LogP contribution in [-0.2, 0) is 10.0 Å². The van der Waals surface area contributed by atoms with Gasteiger partial charge in [0.2, 0.25) is 10.0 Å². The number of amides is 1. The molecule has 0 heterocycles. The van der Waals surface area contributed by atoms with Crippen molar-refractivity contribution in [1.82, 2.24) is 5.32 Å². The minimum absolute atomic E-state index is 0.0294. The molecule has 118 valence electrons. The first kappa shape index (κ1) is 17.7. The minimum atomic E-state index is -3.82. The maximum Gasteiger partial charge on any atom is 0.251 e. The van der Waals surface area contributed by atoms with Gasteiger partial charge in [-0.3, -0.25) is 4.79 Å². The molecule has 0 aliphatic rings. The number of rotatable bonds is 6. The van der Waals surface area contributed by atoms with E-state index in [1.165, 1.54) is 12.1 Å². The summed E-state index contributed by atoms with van der Waals surface area (Å²) in [4.78, 5) is 12.3. The van der Waals surface area contributed by atoms with E-state index in [4.69, 9.17) is 5.14 Å². The van der Waals surface area contributed by atoms with Crippen LogP contribution >= 0.6 is 0 Å². The molecule has 21 heavy (non-hydrogen) atoms. The first-order valence-corrected chi connectivity index (χ1v) is 8.67. The molecule has 0 atom stereocenters. The number of carbonyl (C=O) groups is 1. The highest BCUT2D eigenvalue weighted by atomic mass is 32.2. The predicted molar refractivity (Wildman–Crippen MR) is 83.7 cm³/mol. The highest BCUT2D eigenvalue weighted by molar-refractivity contribution is 7.89. The van der Waals surface area contributed by atoms with Crippen LogP contribution < -0.4 is 10.5 Å². The summed E-state index contributed by atoms with van der Waals surface area (Å²) in [5, 5.41) is 8.02. The summed E-state index contributed by atoms with van der Waals surface area (Å²) in [5.41, 5.74) is 1.86. The second-order valence-electron chi connectivity index (χ2n) is 5.35. The molecule has 0 spiro atoms. The first-order chi connectivity index (χ1) is 9.70. The first-order valence-electron chi connectivity index (χ1n) is 7.12. The maximum absolute atomic E-state index is 12.3. The average Bonchev–Trinajstić information content (AvgIpc) is 2.41. The van der Waals surface area contributed by atoms with Gasteiger partial charge in [0.1, 0.15) is 0 Å². The third-order valence-electron chi connectivity index (χ3n) is 3.92. The lowest BCUT2D eigenvalue weighted by Gasteiger charge is -2.15. The second-order valence-corrected chi connectivity index (χ2v) is 6.91. The van der Waals surface area contributed by atoms with E-state index in [1.807, 2.05) is 0 Å². The molecule has 6 heteroatoms. The molecular weight excluding hydrogens is 288 g/mol. The van der Waals surface area contributed by atoms with Gasteiger partial charge in [-0.25, -0.2) is 13.6 Å². The molecule has 0 saturated heterocycles. The fourth-order valence-electron chi connectivity index (χ4n) is 2.14. The van der Waals surface area contributed by atoms with Crippen LogP contribution in [0.25, 0.3) is 0 Å². The summed E-state index contributed by atoms with van der Waals surface area (Å²) >= 11 is 0. The van der Waals surface area contributed by atoms with Gasteiger partial charge in [-0.1, -0.05) is 26.7 Å². The van der Waals surface area contributed by atoms with Crippen molar-refractivity contribution in [1.29, 1.82) is 0 Å². The van der Waals surface area contributed by atoms with Crippen molar-refractivity contribution in [2.75, 3.05) is 6.54 Å². The molecular formula is C15H24N2O3S. The predicted octanol–water partition coefficient (Wildman–Crippen LogP) is 2.12. The van der Waals surface area contributed by atoms with Crippen molar-refractivity contribution in [3.63, 3.8) is 0 Å². The van der Waals surface area contributed by atoms with Gasteiger partial charge in [0.15, 0.2) is 0 Å². The van der Waals surface area contributed by atoms with Gasteiger partial charge in [0.05, 0.1) is 4.90 Å². The highest BCUT2D eigenvalue weighted by Gasteiger charge is 2.17. The molecule has 1 amide bonds. The zero-order valence-corrected chi connectivity index (χ0v) is 13.9. The van der Waals surface area contributed by atoms with Crippen molar-refractivity contribution in [3.8, 4) is 0 Å². The van der Waals surface area contributed by atoms with E-state index in [1.54, 1.807) is 13.8 Å². The SMILES string of the molecule is CCC(CC)CNC(=O)c1cc(S(N)(=O)=O)cc(C)c1C. The van der Waals surface area contributed by atoms with Crippen LogP contribution in [0.5, 0.6) is 0 Å². The number of nitrogens with two attached hydrogens (primary N) is 1. The quantitative estimate of drug-likeness (QED) is 0.843. The Bertz CT molecular complexity index is 620. The minimum Gasteiger partial charge on any atom is -0.352 e. The molecule has 0 saturated carbocycles. The molecule has 0 unspecified atom stereocenters. The van der Waals surface area contributed by atoms with E-state index in [-0.39, 0.29) is 10.8 Å². The van der Waals surface area contributed by atoms with Gasteiger partial charge in [-0.05, 0) is 43.0 Å². The smallest absolute Gasteiger partial charge is 0.251 e. The van der Waals surface area contributed by atoms with E-state index in [9.17, 15) is 13.2 Å². The normalized spacial score (nSPS) is 11.7. The summed E-state index contributed by atoms with van der Waals surface area (Å²) < 4.78 is 23.0. The highest BCUT2D eigenvalue weighted by Crippen LogP contribution is 2.19. The number of hydrogen-bond acceptors (Lipinski definition) is 3. The van der Waals surface area contributed by atoms with Crippen molar-refractivity contribution >= 4 is 15.9 Å². The molecule has 0 radical (unpaired) electrons. The third kappa shape index (κ3) is 4.54. The topological polar surface area (TPSA) is 89.3 Å². The standard InChI is InChI=1S/C15H24N2O3S/c1-5-12(6-2)9-17-15(18)14-8-13(21(16,19)20)7-10(3)11(14)4/h7-8,12H,5-6,9H2,1-4H3,(H,17,18)(H2,16,19,20). The van der Waals surface area contributed by atoms with E-state index in [0.717, 1.165) is 24.0 Å². The fourth-order valence-corrected chi connectivity index (χ4v) is 2.76. The van der Waals surface area contributed by atoms with Crippen LogP contribution in [0.2, 0.25) is 0 Å². The lowest BCUT2D eigenvalue weighted by molar-refractivity contribution is 0.0945. The Morgan fingerprint density at radius 3 is 2.29 bits per heavy atom. The third-order valence-corrected chi connectivity index (χ3v) is 4.81. The van der Waals surface area contributed by atoms with Crippen molar-refractivity contribution in [2.24, 2.45) is 11.1 Å². The Balaban J connectivity index is 3.06. The average molecular weight is 312 g/mol. The van der Waals surface area contributed by atoms with Gasteiger partial charge < -0.3 is 5.32 Å². The summed E-state index contributed by atoms with van der Waals surface area (Å²) in [6.45, 7) is 8.31. The zero-order chi connectivity index (χ0) is 16.2. The lowest BCUT2D eigenvalue weighted by atomic mass is 10.0. The number of aryl methyl sites for hydroxylation is 1. The number of primary sulfonamides is 1. The molecule has 1 aromatic rings. The number of sulfonamides is 1. The van der Waals surface area contributed by atoms with Gasteiger partial charge in [0.25, 0.3) is 5.91 Å². The number of benzene rings is 1. The van der Waals surface area contributed by atoms with Gasteiger partial charge in [-0.15, -0.1) is 0 Å². The Kier molecular flexibility index (Phi) is 5.92. The zero-order valence-electron chi connectivity index (χ0n) is 13.1. The molecule has 5 nitrogen and oxygen atoms in total. The molecule has 0 aliphatic heterocycles. The molecule has 1 aromatic carbocycles. The molecule has 1 rings (SSSR count). The fraction of sp³-hybridized carbons (Fsp3) is 0.533. The molecule has 3 N–H and O–H groups in total. The van der Waals surface area contributed by atoms with E-state index in [0.29, 0.717) is 18.0 Å². The largest absolute Gasteiger partial charge is 0.352 e. The number of nitrogens with one attached hydrogen (secondary N) is 1. The Hall–Kier alpha value is -1.40. The molecule has 0 fully saturated rings. The Labute approximate surface area is 127 Å². The number of carbonyl (C=O) groups excluding carboxylic acids is 1. The van der Waals surface area contributed by atoms with E-state index < -0.39 is 10.0 Å². The summed E-state index contributed by atoms with van der Waals surface area (Å²) in [6.07, 6.45) is 1.98. The van der Waals surface area contributed by atoms with Gasteiger partial charge >= 0.3 is 0 Å². The van der Waals surface area contributed by atoms with E-state index >= 15 is 0 Å². The molecule has 0 bridgehead atoms. The lowest BCUT2D eigenvalue weighted by Crippen LogP contribution is -2.30. The van der Waals surface area contributed by atoms with Crippen LogP contribution in [0.3, 0.4) is 0 Å². The molecule has 0 aromatic heterocycles. The van der Waals surface area contributed by atoms with Crippen molar-refractivity contribution < 1.29 is 13.2 Å². The van der Waals surface area contributed by atoms with Gasteiger partial charge in [0, 0.05) is 12.1 Å².